The first-order valence-electron chi connectivity index (χ1n) is 8.92. The van der Waals surface area contributed by atoms with Crippen LogP contribution >= 0.6 is 0 Å². The van der Waals surface area contributed by atoms with Gasteiger partial charge in [-0.25, -0.2) is 9.59 Å². The SMILES string of the molecule is C[C@@H](O)[C@@H]1C(=O)N2C(C(=O)O)=C(c3ccc(N4CCN(C)C4=O)cc3)C[C@H]12. The number of amides is 3. The van der Waals surface area contributed by atoms with Crippen LogP contribution in [-0.4, -0.2) is 70.2 Å². The number of carbonyl (C=O) groups excluding carboxylic acids is 2. The number of likely N-dealkylation sites (N-methyl/N-ethyl adjacent to an activating group) is 1. The molecule has 0 radical (unpaired) electrons. The highest BCUT2D eigenvalue weighted by Gasteiger charge is 2.56. The minimum absolute atomic E-state index is 0.00775. The number of carboxylic acid groups (broad SMARTS) is 1. The molecule has 1 aromatic carbocycles. The van der Waals surface area contributed by atoms with Crippen molar-refractivity contribution in [3.63, 3.8) is 0 Å². The molecular formula is C19H21N3O5. The van der Waals surface area contributed by atoms with Gasteiger partial charge in [0.2, 0.25) is 5.91 Å². The molecule has 1 aromatic rings. The van der Waals surface area contributed by atoms with Gasteiger partial charge in [0.25, 0.3) is 0 Å². The van der Waals surface area contributed by atoms with Crippen LogP contribution in [0.15, 0.2) is 30.0 Å². The summed E-state index contributed by atoms with van der Waals surface area (Å²) >= 11 is 0. The van der Waals surface area contributed by atoms with Gasteiger partial charge in [0.1, 0.15) is 5.70 Å². The molecule has 0 saturated carbocycles. The Morgan fingerprint density at radius 3 is 2.37 bits per heavy atom. The van der Waals surface area contributed by atoms with Crippen molar-refractivity contribution in [2.45, 2.75) is 25.5 Å². The van der Waals surface area contributed by atoms with Gasteiger partial charge < -0.3 is 20.0 Å². The summed E-state index contributed by atoms with van der Waals surface area (Å²) in [7, 11) is 1.75. The molecule has 8 nitrogen and oxygen atoms in total. The van der Waals surface area contributed by atoms with Gasteiger partial charge in [0, 0.05) is 25.8 Å². The Labute approximate surface area is 156 Å². The number of hydrogen-bond donors (Lipinski definition) is 2. The molecule has 142 valence electrons. The topological polar surface area (TPSA) is 101 Å². The van der Waals surface area contributed by atoms with Gasteiger partial charge in [-0.05, 0) is 36.6 Å². The van der Waals surface area contributed by atoms with Gasteiger partial charge in [-0.2, -0.15) is 0 Å². The third-order valence-electron chi connectivity index (χ3n) is 5.67. The van der Waals surface area contributed by atoms with Crippen LogP contribution in [0.5, 0.6) is 0 Å². The quantitative estimate of drug-likeness (QED) is 0.768. The fourth-order valence-electron chi connectivity index (χ4n) is 4.26. The second kappa shape index (κ2) is 6.09. The van der Waals surface area contributed by atoms with Gasteiger partial charge in [-0.3, -0.25) is 9.69 Å². The molecule has 3 aliphatic heterocycles. The van der Waals surface area contributed by atoms with E-state index in [9.17, 15) is 24.6 Å². The molecule has 8 heteroatoms. The third-order valence-corrected chi connectivity index (χ3v) is 5.67. The molecule has 0 bridgehead atoms. The van der Waals surface area contributed by atoms with Crippen LogP contribution < -0.4 is 4.90 Å². The van der Waals surface area contributed by atoms with Gasteiger partial charge in [0.05, 0.1) is 18.1 Å². The van der Waals surface area contributed by atoms with Crippen molar-refractivity contribution >= 4 is 29.2 Å². The predicted molar refractivity (Wildman–Crippen MR) is 96.8 cm³/mol. The van der Waals surface area contributed by atoms with Crippen molar-refractivity contribution in [2.24, 2.45) is 5.92 Å². The van der Waals surface area contributed by atoms with E-state index in [4.69, 9.17) is 0 Å². The molecule has 3 amide bonds. The standard InChI is InChI=1S/C19H21N3O5/c1-10(23)15-14-9-13(16(18(25)26)22(14)17(15)24)11-3-5-12(6-4-11)21-8-7-20(2)19(21)27/h3-6,10,14-15,23H,7-9H2,1-2H3,(H,25,26)/t10-,14-,15+/m1/s1. The van der Waals surface area contributed by atoms with Crippen LogP contribution in [-0.2, 0) is 9.59 Å². The smallest absolute Gasteiger partial charge is 0.352 e. The molecular weight excluding hydrogens is 350 g/mol. The number of rotatable bonds is 4. The summed E-state index contributed by atoms with van der Waals surface area (Å²) in [4.78, 5) is 40.8. The minimum atomic E-state index is -1.15. The van der Waals surface area contributed by atoms with Crippen LogP contribution in [0.2, 0.25) is 0 Å². The van der Waals surface area contributed by atoms with Crippen molar-refractivity contribution in [1.82, 2.24) is 9.80 Å². The fourth-order valence-corrected chi connectivity index (χ4v) is 4.26. The van der Waals surface area contributed by atoms with Crippen LogP contribution in [0.1, 0.15) is 18.9 Å². The second-order valence-corrected chi connectivity index (χ2v) is 7.28. The number of aliphatic hydroxyl groups excluding tert-OH is 1. The zero-order valence-corrected chi connectivity index (χ0v) is 15.1. The second-order valence-electron chi connectivity index (χ2n) is 7.28. The number of nitrogens with zero attached hydrogens (tertiary/aromatic N) is 3. The normalized spacial score (nSPS) is 25.8. The van der Waals surface area contributed by atoms with Gasteiger partial charge in [0.15, 0.2) is 0 Å². The molecule has 27 heavy (non-hydrogen) atoms. The molecule has 0 aliphatic carbocycles. The van der Waals surface area contributed by atoms with E-state index in [2.05, 4.69) is 0 Å². The average Bonchev–Trinajstić information content (AvgIpc) is 3.13. The summed E-state index contributed by atoms with van der Waals surface area (Å²) in [6.45, 7) is 2.82. The van der Waals surface area contributed by atoms with Crippen LogP contribution in [0.4, 0.5) is 10.5 Å². The number of carbonyl (C=O) groups is 3. The summed E-state index contributed by atoms with van der Waals surface area (Å²) in [5, 5.41) is 19.4. The van der Waals surface area contributed by atoms with E-state index >= 15 is 0 Å². The third kappa shape index (κ3) is 2.51. The monoisotopic (exact) mass is 371 g/mol. The van der Waals surface area contributed by atoms with Crippen molar-refractivity contribution in [2.75, 3.05) is 25.0 Å². The van der Waals surface area contributed by atoms with Crippen molar-refractivity contribution in [3.8, 4) is 0 Å². The van der Waals surface area contributed by atoms with E-state index in [1.54, 1.807) is 48.0 Å². The first kappa shape index (κ1) is 17.5. The number of carboxylic acids is 1. The Balaban J connectivity index is 1.64. The Hall–Kier alpha value is -2.87. The Morgan fingerprint density at radius 2 is 1.85 bits per heavy atom. The van der Waals surface area contributed by atoms with Crippen LogP contribution in [0, 0.1) is 5.92 Å². The van der Waals surface area contributed by atoms with E-state index in [1.807, 2.05) is 0 Å². The van der Waals surface area contributed by atoms with Crippen LogP contribution in [0.3, 0.4) is 0 Å². The first-order valence-corrected chi connectivity index (χ1v) is 8.92. The molecule has 2 N–H and O–H groups in total. The van der Waals surface area contributed by atoms with E-state index in [0.717, 1.165) is 5.69 Å². The number of aliphatic carboxylic acids is 1. The molecule has 3 atom stereocenters. The van der Waals surface area contributed by atoms with E-state index in [0.29, 0.717) is 30.6 Å². The zero-order chi connectivity index (χ0) is 19.5. The molecule has 2 saturated heterocycles. The van der Waals surface area contributed by atoms with Crippen LogP contribution in [0.25, 0.3) is 5.57 Å². The summed E-state index contributed by atoms with van der Waals surface area (Å²) in [5.41, 5.74) is 2.04. The highest BCUT2D eigenvalue weighted by Crippen LogP contribution is 2.47. The highest BCUT2D eigenvalue weighted by atomic mass is 16.4. The number of hydrogen-bond acceptors (Lipinski definition) is 4. The number of benzene rings is 1. The van der Waals surface area contributed by atoms with Gasteiger partial charge >= 0.3 is 12.0 Å². The van der Waals surface area contributed by atoms with Crippen molar-refractivity contribution < 1.29 is 24.6 Å². The summed E-state index contributed by atoms with van der Waals surface area (Å²) in [6.07, 6.45) is -0.415. The number of aliphatic hydroxyl groups is 1. The maximum atomic E-state index is 12.3. The van der Waals surface area contributed by atoms with Crippen molar-refractivity contribution in [3.05, 3.63) is 35.5 Å². The minimum Gasteiger partial charge on any atom is -0.477 e. The van der Waals surface area contributed by atoms with E-state index in [-0.39, 0.29) is 23.7 Å². The Morgan fingerprint density at radius 1 is 1.19 bits per heavy atom. The molecule has 2 fully saturated rings. The zero-order valence-electron chi connectivity index (χ0n) is 15.1. The summed E-state index contributed by atoms with van der Waals surface area (Å²) in [6, 6.07) is 6.78. The lowest BCUT2D eigenvalue weighted by Crippen LogP contribution is -2.61. The highest BCUT2D eigenvalue weighted by molar-refractivity contribution is 6.06. The number of β-lactam (4-membered cyclic amide) rings is 1. The van der Waals surface area contributed by atoms with Gasteiger partial charge in [-0.1, -0.05) is 12.1 Å². The van der Waals surface area contributed by atoms with Crippen molar-refractivity contribution in [1.29, 1.82) is 0 Å². The van der Waals surface area contributed by atoms with E-state index in [1.165, 1.54) is 4.90 Å². The van der Waals surface area contributed by atoms with Gasteiger partial charge in [-0.15, -0.1) is 0 Å². The lowest BCUT2D eigenvalue weighted by molar-refractivity contribution is -0.161. The first-order chi connectivity index (χ1) is 12.8. The Kier molecular flexibility index (Phi) is 3.96. The largest absolute Gasteiger partial charge is 0.477 e. The average molecular weight is 371 g/mol. The number of urea groups is 1. The lowest BCUT2D eigenvalue weighted by Gasteiger charge is -2.44. The number of anilines is 1. The molecule has 0 unspecified atom stereocenters. The Bertz CT molecular complexity index is 861. The molecule has 0 spiro atoms. The molecule has 3 heterocycles. The fraction of sp³-hybridized carbons (Fsp3) is 0.421. The predicted octanol–water partition coefficient (Wildman–Crippen LogP) is 0.966. The maximum absolute atomic E-state index is 12.3. The van der Waals surface area contributed by atoms with E-state index < -0.39 is 18.0 Å². The lowest BCUT2D eigenvalue weighted by atomic mass is 9.82. The summed E-state index contributed by atoms with van der Waals surface area (Å²) in [5.74, 6) is -2.05. The molecule has 0 aromatic heterocycles. The summed E-state index contributed by atoms with van der Waals surface area (Å²) < 4.78 is 0. The maximum Gasteiger partial charge on any atom is 0.352 e. The molecule has 4 rings (SSSR count). The molecule has 3 aliphatic rings. The number of fused-ring (bicyclic) bond motifs is 1.